The highest BCUT2D eigenvalue weighted by Crippen LogP contribution is 2.29. The Bertz CT molecular complexity index is 594. The van der Waals surface area contributed by atoms with Crippen LogP contribution in [0, 0.1) is 0 Å². The van der Waals surface area contributed by atoms with Gasteiger partial charge in [-0.25, -0.2) is 0 Å². The predicted octanol–water partition coefficient (Wildman–Crippen LogP) is 2.46. The zero-order valence-electron chi connectivity index (χ0n) is 13.0. The van der Waals surface area contributed by atoms with E-state index in [1.54, 1.807) is 0 Å². The minimum absolute atomic E-state index is 0.211. The fraction of sp³-hybridized carbons (Fsp3) is 0.529. The molecule has 0 spiro atoms. The van der Waals surface area contributed by atoms with E-state index in [1.165, 1.54) is 30.3 Å². The molecule has 1 aromatic carbocycles. The Morgan fingerprint density at radius 2 is 2.24 bits per heavy atom. The smallest absolute Gasteiger partial charge is 0.134 e. The van der Waals surface area contributed by atoms with E-state index in [1.807, 2.05) is 18.4 Å². The summed E-state index contributed by atoms with van der Waals surface area (Å²) < 4.78 is 5.68. The van der Waals surface area contributed by atoms with Crippen molar-refractivity contribution in [3.8, 4) is 0 Å². The summed E-state index contributed by atoms with van der Waals surface area (Å²) >= 11 is 0. The van der Waals surface area contributed by atoms with E-state index in [0.29, 0.717) is 12.6 Å². The Morgan fingerprint density at radius 1 is 1.43 bits per heavy atom. The first-order valence-corrected chi connectivity index (χ1v) is 7.77. The molecule has 1 aliphatic rings. The average molecular weight is 287 g/mol. The van der Waals surface area contributed by atoms with Gasteiger partial charge in [-0.05, 0) is 39.5 Å². The van der Waals surface area contributed by atoms with E-state index in [2.05, 4.69) is 36.0 Å². The summed E-state index contributed by atoms with van der Waals surface area (Å²) in [5.41, 5.74) is 8.21. The highest BCUT2D eigenvalue weighted by atomic mass is 16.3. The van der Waals surface area contributed by atoms with Gasteiger partial charge in [0, 0.05) is 30.1 Å². The summed E-state index contributed by atoms with van der Waals surface area (Å²) in [6.07, 6.45) is 4.46. The third kappa shape index (κ3) is 2.84. The van der Waals surface area contributed by atoms with Crippen LogP contribution in [-0.2, 0) is 0 Å². The fourth-order valence-corrected chi connectivity index (χ4v) is 3.47. The summed E-state index contributed by atoms with van der Waals surface area (Å²) in [6, 6.07) is 9.04. The molecule has 3 rings (SSSR count). The number of para-hydroxylation sites is 1. The van der Waals surface area contributed by atoms with Gasteiger partial charge in [-0.1, -0.05) is 18.2 Å². The molecule has 2 heterocycles. The summed E-state index contributed by atoms with van der Waals surface area (Å²) in [4.78, 5) is 4.83. The van der Waals surface area contributed by atoms with Crippen molar-refractivity contribution in [1.82, 2.24) is 9.80 Å². The van der Waals surface area contributed by atoms with Crippen molar-refractivity contribution in [2.45, 2.75) is 24.9 Å². The summed E-state index contributed by atoms with van der Waals surface area (Å²) in [5, 5.41) is 1.18. The topological polar surface area (TPSA) is 45.6 Å². The number of hydrogen-bond acceptors (Lipinski definition) is 4. The first kappa shape index (κ1) is 14.6. The Balaban J connectivity index is 1.80. The molecule has 2 atom stereocenters. The molecule has 1 aromatic heterocycles. The second-order valence-electron chi connectivity index (χ2n) is 6.15. The average Bonchev–Trinajstić information content (AvgIpc) is 3.08. The third-order valence-corrected chi connectivity index (χ3v) is 4.80. The van der Waals surface area contributed by atoms with Gasteiger partial charge in [0.15, 0.2) is 0 Å². The maximum atomic E-state index is 6.07. The van der Waals surface area contributed by atoms with E-state index < -0.39 is 0 Å². The molecule has 2 N–H and O–H groups in total. The lowest BCUT2D eigenvalue weighted by Crippen LogP contribution is -2.40. The Morgan fingerprint density at radius 3 is 2.95 bits per heavy atom. The normalized spacial score (nSPS) is 21.4. The molecule has 0 bridgehead atoms. The summed E-state index contributed by atoms with van der Waals surface area (Å²) in [7, 11) is 4.39. The monoisotopic (exact) mass is 287 g/mol. The zero-order chi connectivity index (χ0) is 14.8. The molecule has 4 nitrogen and oxygen atoms in total. The van der Waals surface area contributed by atoms with Crippen molar-refractivity contribution in [3.05, 3.63) is 36.1 Å². The van der Waals surface area contributed by atoms with E-state index in [0.717, 1.165) is 12.1 Å². The van der Waals surface area contributed by atoms with Crippen LogP contribution in [0.25, 0.3) is 11.0 Å². The number of furan rings is 1. The third-order valence-electron chi connectivity index (χ3n) is 4.80. The molecule has 0 saturated carbocycles. The first-order chi connectivity index (χ1) is 10.2. The molecule has 4 heteroatoms. The summed E-state index contributed by atoms with van der Waals surface area (Å²) in [5.74, 6) is 0. The van der Waals surface area contributed by atoms with Crippen LogP contribution in [0.3, 0.4) is 0 Å². The zero-order valence-corrected chi connectivity index (χ0v) is 13.0. The number of likely N-dealkylation sites (N-methyl/N-ethyl adjacent to an activating group) is 2. The lowest BCUT2D eigenvalue weighted by atomic mass is 10.0. The molecular formula is C17H25N3O. The van der Waals surface area contributed by atoms with Gasteiger partial charge in [-0.15, -0.1) is 0 Å². The van der Waals surface area contributed by atoms with Gasteiger partial charge >= 0.3 is 0 Å². The second kappa shape index (κ2) is 6.18. The molecule has 1 aliphatic heterocycles. The van der Waals surface area contributed by atoms with E-state index >= 15 is 0 Å². The van der Waals surface area contributed by atoms with Gasteiger partial charge < -0.3 is 15.1 Å². The van der Waals surface area contributed by atoms with Crippen molar-refractivity contribution in [1.29, 1.82) is 0 Å². The van der Waals surface area contributed by atoms with Crippen molar-refractivity contribution in [2.24, 2.45) is 5.73 Å². The van der Waals surface area contributed by atoms with Crippen LogP contribution in [0.4, 0.5) is 0 Å². The van der Waals surface area contributed by atoms with E-state index in [4.69, 9.17) is 10.2 Å². The van der Waals surface area contributed by atoms with Crippen molar-refractivity contribution < 1.29 is 4.42 Å². The standard InChI is InChI=1S/C17H25N3O/c1-19-9-5-6-13(19)11-20(2)16(10-18)15-12-21-17-8-4-3-7-14(15)17/h3-4,7-8,12-13,16H,5-6,9-11,18H2,1-2H3. The molecular weight excluding hydrogens is 262 g/mol. The number of nitrogens with zero attached hydrogens (tertiary/aromatic N) is 2. The van der Waals surface area contributed by atoms with Gasteiger partial charge in [-0.2, -0.15) is 0 Å². The fourth-order valence-electron chi connectivity index (χ4n) is 3.47. The van der Waals surface area contributed by atoms with Gasteiger partial charge in [0.2, 0.25) is 0 Å². The lowest BCUT2D eigenvalue weighted by molar-refractivity contribution is 0.180. The van der Waals surface area contributed by atoms with Crippen LogP contribution < -0.4 is 5.73 Å². The number of rotatable bonds is 5. The lowest BCUT2D eigenvalue weighted by Gasteiger charge is -2.31. The number of nitrogens with two attached hydrogens (primary N) is 1. The van der Waals surface area contributed by atoms with Crippen molar-refractivity contribution >= 4 is 11.0 Å². The Labute approximate surface area is 126 Å². The quantitative estimate of drug-likeness (QED) is 0.917. The summed E-state index contributed by atoms with van der Waals surface area (Å²) in [6.45, 7) is 2.87. The molecule has 114 valence electrons. The molecule has 2 unspecified atom stereocenters. The molecule has 2 aromatic rings. The number of hydrogen-bond donors (Lipinski definition) is 1. The van der Waals surface area contributed by atoms with Gasteiger partial charge in [0.25, 0.3) is 0 Å². The number of likely N-dealkylation sites (tertiary alicyclic amines) is 1. The number of benzene rings is 1. The minimum atomic E-state index is 0.211. The Kier molecular flexibility index (Phi) is 4.29. The van der Waals surface area contributed by atoms with Gasteiger partial charge in [0.1, 0.15) is 5.58 Å². The SMILES string of the molecule is CN1CCCC1CN(C)C(CN)c1coc2ccccc12. The van der Waals surface area contributed by atoms with Crippen molar-refractivity contribution in [3.63, 3.8) is 0 Å². The van der Waals surface area contributed by atoms with Crippen LogP contribution >= 0.6 is 0 Å². The van der Waals surface area contributed by atoms with Crippen LogP contribution in [-0.4, -0.2) is 49.6 Å². The molecule has 0 radical (unpaired) electrons. The van der Waals surface area contributed by atoms with Crippen LogP contribution in [0.5, 0.6) is 0 Å². The maximum absolute atomic E-state index is 6.07. The van der Waals surface area contributed by atoms with Gasteiger partial charge in [0.05, 0.1) is 12.3 Å². The molecule has 1 saturated heterocycles. The molecule has 0 aliphatic carbocycles. The highest BCUT2D eigenvalue weighted by Gasteiger charge is 2.26. The van der Waals surface area contributed by atoms with E-state index in [-0.39, 0.29) is 6.04 Å². The molecule has 21 heavy (non-hydrogen) atoms. The molecule has 0 amide bonds. The number of fused-ring (bicyclic) bond motifs is 1. The van der Waals surface area contributed by atoms with Crippen LogP contribution in [0.15, 0.2) is 34.9 Å². The van der Waals surface area contributed by atoms with E-state index in [9.17, 15) is 0 Å². The maximum Gasteiger partial charge on any atom is 0.134 e. The Hall–Kier alpha value is -1.36. The van der Waals surface area contributed by atoms with Crippen molar-refractivity contribution in [2.75, 3.05) is 33.7 Å². The van der Waals surface area contributed by atoms with Gasteiger partial charge in [-0.3, -0.25) is 4.90 Å². The van der Waals surface area contributed by atoms with Crippen LogP contribution in [0.1, 0.15) is 24.4 Å². The van der Waals surface area contributed by atoms with Crippen LogP contribution in [0.2, 0.25) is 0 Å². The first-order valence-electron chi connectivity index (χ1n) is 7.77. The highest BCUT2D eigenvalue weighted by molar-refractivity contribution is 5.81. The second-order valence-corrected chi connectivity index (χ2v) is 6.15. The predicted molar refractivity (Wildman–Crippen MR) is 86.3 cm³/mol. The molecule has 1 fully saturated rings. The minimum Gasteiger partial charge on any atom is -0.464 e. The largest absolute Gasteiger partial charge is 0.464 e.